The molecule has 1 aromatic heterocycles. The van der Waals surface area contributed by atoms with Crippen LogP contribution in [0.25, 0.3) is 0 Å². The fourth-order valence-electron chi connectivity index (χ4n) is 4.42. The maximum absolute atomic E-state index is 5.81. The van der Waals surface area contributed by atoms with Gasteiger partial charge < -0.3 is 14.4 Å². The molecule has 3 aliphatic heterocycles. The Labute approximate surface area is 184 Å². The summed E-state index contributed by atoms with van der Waals surface area (Å²) in [6, 6.07) is 10.8. The highest BCUT2D eigenvalue weighted by molar-refractivity contribution is 5.53. The summed E-state index contributed by atoms with van der Waals surface area (Å²) < 4.78 is 11.3. The van der Waals surface area contributed by atoms with Crippen LogP contribution in [0.3, 0.4) is 0 Å². The van der Waals surface area contributed by atoms with Crippen molar-refractivity contribution in [3.05, 3.63) is 59.6 Å². The molecule has 1 N–H and O–H groups in total. The summed E-state index contributed by atoms with van der Waals surface area (Å²) in [4.78, 5) is 12.1. The molecule has 7 heteroatoms. The number of benzene rings is 1. The van der Waals surface area contributed by atoms with Crippen LogP contribution in [0.5, 0.6) is 0 Å². The average molecular weight is 422 g/mol. The van der Waals surface area contributed by atoms with Gasteiger partial charge in [-0.05, 0) is 37.8 Å². The summed E-state index contributed by atoms with van der Waals surface area (Å²) in [5, 5.41) is 2.02. The Hall–Kier alpha value is -2.48. The molecule has 2 aromatic rings. The smallest absolute Gasteiger partial charge is 0.152 e. The van der Waals surface area contributed by atoms with E-state index in [1.165, 1.54) is 11.1 Å². The minimum Gasteiger partial charge on any atom is -0.378 e. The number of aromatic nitrogens is 2. The van der Waals surface area contributed by atoms with Gasteiger partial charge in [0.2, 0.25) is 0 Å². The van der Waals surface area contributed by atoms with Gasteiger partial charge in [-0.2, -0.15) is 0 Å². The third kappa shape index (κ3) is 4.89. The first-order valence-corrected chi connectivity index (χ1v) is 11.4. The van der Waals surface area contributed by atoms with Gasteiger partial charge in [-0.15, -0.1) is 0 Å². The summed E-state index contributed by atoms with van der Waals surface area (Å²) in [6.07, 6.45) is 8.70. The van der Waals surface area contributed by atoms with Gasteiger partial charge in [0.15, 0.2) is 5.82 Å². The van der Waals surface area contributed by atoms with E-state index in [4.69, 9.17) is 19.4 Å². The predicted molar refractivity (Wildman–Crippen MR) is 121 cm³/mol. The number of rotatable bonds is 6. The minimum absolute atomic E-state index is 0.136. The van der Waals surface area contributed by atoms with Crippen molar-refractivity contribution in [3.63, 3.8) is 0 Å². The van der Waals surface area contributed by atoms with Crippen LogP contribution < -0.4 is 15.3 Å². The van der Waals surface area contributed by atoms with Crippen LogP contribution in [-0.4, -0.2) is 49.0 Å². The number of morpholine rings is 1. The number of aryl methyl sites for hydroxylation is 2. The van der Waals surface area contributed by atoms with Crippen LogP contribution in [0.15, 0.2) is 42.6 Å². The summed E-state index contributed by atoms with van der Waals surface area (Å²) in [6.45, 7) is 6.20. The van der Waals surface area contributed by atoms with E-state index in [9.17, 15) is 0 Å². The molecule has 31 heavy (non-hydrogen) atoms. The lowest BCUT2D eigenvalue weighted by Crippen LogP contribution is -2.37. The molecule has 0 amide bonds. The summed E-state index contributed by atoms with van der Waals surface area (Å²) in [5.74, 6) is 2.73. The van der Waals surface area contributed by atoms with Crippen molar-refractivity contribution in [1.29, 1.82) is 0 Å². The monoisotopic (exact) mass is 421 g/mol. The zero-order chi connectivity index (χ0) is 21.0. The zero-order valence-electron chi connectivity index (χ0n) is 18.2. The van der Waals surface area contributed by atoms with Gasteiger partial charge in [-0.3, -0.25) is 5.01 Å². The number of hydrazine groups is 1. The lowest BCUT2D eigenvalue weighted by atomic mass is 10.1. The van der Waals surface area contributed by atoms with E-state index < -0.39 is 0 Å². The quantitative estimate of drug-likeness (QED) is 0.768. The van der Waals surface area contributed by atoms with Crippen molar-refractivity contribution in [2.75, 3.05) is 42.8 Å². The van der Waals surface area contributed by atoms with Crippen molar-refractivity contribution in [1.82, 2.24) is 15.4 Å². The first-order valence-electron chi connectivity index (χ1n) is 11.4. The van der Waals surface area contributed by atoms with Crippen LogP contribution in [-0.2, 0) is 15.9 Å². The molecule has 0 bridgehead atoms. The van der Waals surface area contributed by atoms with Gasteiger partial charge in [0.1, 0.15) is 11.6 Å². The second kappa shape index (κ2) is 9.34. The number of hydrogen-bond donors (Lipinski definition) is 1. The minimum atomic E-state index is 0.136. The molecule has 2 unspecified atom stereocenters. The Morgan fingerprint density at radius 3 is 2.77 bits per heavy atom. The second-order valence-electron chi connectivity index (χ2n) is 8.51. The van der Waals surface area contributed by atoms with E-state index in [-0.39, 0.29) is 6.04 Å². The molecule has 5 rings (SSSR count). The highest BCUT2D eigenvalue weighted by atomic mass is 16.5. The molecule has 2 fully saturated rings. The van der Waals surface area contributed by atoms with Gasteiger partial charge in [-0.25, -0.2) is 15.4 Å². The Morgan fingerprint density at radius 1 is 1.10 bits per heavy atom. The van der Waals surface area contributed by atoms with Crippen molar-refractivity contribution in [3.8, 4) is 0 Å². The molecule has 0 radical (unpaired) electrons. The lowest BCUT2D eigenvalue weighted by Gasteiger charge is -2.29. The van der Waals surface area contributed by atoms with E-state index in [0.29, 0.717) is 6.10 Å². The normalized spacial score (nSPS) is 23.6. The van der Waals surface area contributed by atoms with E-state index in [0.717, 1.165) is 76.1 Å². The van der Waals surface area contributed by atoms with Crippen molar-refractivity contribution in [2.45, 2.75) is 44.8 Å². The molecule has 0 saturated carbocycles. The van der Waals surface area contributed by atoms with Gasteiger partial charge in [-0.1, -0.05) is 29.8 Å². The SMILES string of the molecule is Cc1cccc(C2C=CN(c3cc(N4CCOCC4)nc(CCC4CCCO4)n3)N2)c1. The van der Waals surface area contributed by atoms with E-state index in [1.54, 1.807) is 0 Å². The molecule has 2 saturated heterocycles. The maximum atomic E-state index is 5.81. The number of ether oxygens (including phenoxy) is 2. The first kappa shape index (κ1) is 20.4. The van der Waals surface area contributed by atoms with Crippen LogP contribution in [0, 0.1) is 6.92 Å². The van der Waals surface area contributed by atoms with Gasteiger partial charge >= 0.3 is 0 Å². The van der Waals surface area contributed by atoms with E-state index in [2.05, 4.69) is 59.9 Å². The molecule has 0 spiro atoms. The lowest BCUT2D eigenvalue weighted by molar-refractivity contribution is 0.104. The number of hydrogen-bond acceptors (Lipinski definition) is 7. The van der Waals surface area contributed by atoms with Crippen LogP contribution in [0.1, 0.15) is 42.3 Å². The largest absolute Gasteiger partial charge is 0.378 e. The molecule has 4 heterocycles. The predicted octanol–water partition coefficient (Wildman–Crippen LogP) is 3.31. The molecule has 2 atom stereocenters. The number of anilines is 2. The highest BCUT2D eigenvalue weighted by Gasteiger charge is 2.23. The second-order valence-corrected chi connectivity index (χ2v) is 8.51. The van der Waals surface area contributed by atoms with Gasteiger partial charge in [0.25, 0.3) is 0 Å². The third-order valence-corrected chi connectivity index (χ3v) is 6.15. The fraction of sp³-hybridized carbons (Fsp3) is 0.500. The fourth-order valence-corrected chi connectivity index (χ4v) is 4.42. The maximum Gasteiger partial charge on any atom is 0.152 e. The van der Waals surface area contributed by atoms with Crippen LogP contribution >= 0.6 is 0 Å². The number of nitrogens with zero attached hydrogens (tertiary/aromatic N) is 4. The summed E-state index contributed by atoms with van der Waals surface area (Å²) >= 11 is 0. The van der Waals surface area contributed by atoms with E-state index in [1.807, 2.05) is 5.01 Å². The van der Waals surface area contributed by atoms with Crippen molar-refractivity contribution >= 4 is 11.6 Å². The average Bonchev–Trinajstić information content (AvgIpc) is 3.51. The Bertz CT molecular complexity index is 922. The molecule has 7 nitrogen and oxygen atoms in total. The molecule has 164 valence electrons. The Kier molecular flexibility index (Phi) is 6.15. The number of nitrogens with one attached hydrogen (secondary N) is 1. The van der Waals surface area contributed by atoms with Crippen molar-refractivity contribution in [2.24, 2.45) is 0 Å². The van der Waals surface area contributed by atoms with Gasteiger partial charge in [0.05, 0.1) is 25.4 Å². The van der Waals surface area contributed by atoms with E-state index >= 15 is 0 Å². The van der Waals surface area contributed by atoms with Crippen LogP contribution in [0.4, 0.5) is 11.6 Å². The molecule has 1 aromatic carbocycles. The standard InChI is InChI=1S/C24H31N5O2/c1-18-4-2-5-19(16-18)21-9-10-29(27-21)24-17-23(28-11-14-30-15-12-28)25-22(26-24)8-7-20-6-3-13-31-20/h2,4-5,9-10,16-17,20-21,27H,3,6-8,11-15H2,1H3. The van der Waals surface area contributed by atoms with Crippen LogP contribution in [0.2, 0.25) is 0 Å². The Morgan fingerprint density at radius 2 is 1.97 bits per heavy atom. The third-order valence-electron chi connectivity index (χ3n) is 6.15. The highest BCUT2D eigenvalue weighted by Crippen LogP contribution is 2.27. The van der Waals surface area contributed by atoms with Gasteiger partial charge in [0, 0.05) is 38.4 Å². The van der Waals surface area contributed by atoms with Crippen molar-refractivity contribution < 1.29 is 9.47 Å². The zero-order valence-corrected chi connectivity index (χ0v) is 18.2. The molecular weight excluding hydrogens is 390 g/mol. The summed E-state index contributed by atoms with van der Waals surface area (Å²) in [5.41, 5.74) is 6.08. The Balaban J connectivity index is 1.36. The molecular formula is C24H31N5O2. The molecule has 3 aliphatic rings. The first-order chi connectivity index (χ1) is 15.2. The summed E-state index contributed by atoms with van der Waals surface area (Å²) in [7, 11) is 0. The molecule has 0 aliphatic carbocycles. The topological polar surface area (TPSA) is 62.8 Å².